The summed E-state index contributed by atoms with van der Waals surface area (Å²) in [5.41, 5.74) is 5.22. The number of amides is 1. The summed E-state index contributed by atoms with van der Waals surface area (Å²) in [4.78, 5) is 14.7. The third-order valence-electron chi connectivity index (χ3n) is 5.86. The number of fused-ring (bicyclic) bond motifs is 1. The summed E-state index contributed by atoms with van der Waals surface area (Å²) in [7, 11) is 0. The molecule has 0 radical (unpaired) electrons. The molecule has 0 spiro atoms. The van der Waals surface area contributed by atoms with Gasteiger partial charge in [0.15, 0.2) is 0 Å². The van der Waals surface area contributed by atoms with Crippen LogP contribution in [-0.4, -0.2) is 22.6 Å². The normalized spacial score (nSPS) is 14.2. The van der Waals surface area contributed by atoms with Gasteiger partial charge in [0.2, 0.25) is 11.8 Å². The van der Waals surface area contributed by atoms with E-state index >= 15 is 0 Å². The molecule has 7 heteroatoms. The van der Waals surface area contributed by atoms with E-state index in [-0.39, 0.29) is 17.4 Å². The molecule has 1 aliphatic rings. The van der Waals surface area contributed by atoms with Gasteiger partial charge >= 0.3 is 0 Å². The van der Waals surface area contributed by atoms with Gasteiger partial charge in [-0.3, -0.25) is 9.89 Å². The monoisotopic (exact) mass is 466 g/mol. The molecule has 174 valence electrons. The van der Waals surface area contributed by atoms with Gasteiger partial charge in [0.25, 0.3) is 0 Å². The zero-order valence-corrected chi connectivity index (χ0v) is 20.6. The fourth-order valence-corrected chi connectivity index (χ4v) is 4.48. The second-order valence-corrected chi connectivity index (χ2v) is 10.3. The summed E-state index contributed by atoms with van der Waals surface area (Å²) >= 11 is 5.99. The molecule has 1 aliphatic heterocycles. The van der Waals surface area contributed by atoms with Crippen LogP contribution in [0.15, 0.2) is 42.5 Å². The number of benzene rings is 2. The van der Waals surface area contributed by atoms with Gasteiger partial charge in [-0.15, -0.1) is 5.10 Å². The number of hydrogen-bond acceptors (Lipinski definition) is 4. The van der Waals surface area contributed by atoms with E-state index in [0.29, 0.717) is 23.1 Å². The summed E-state index contributed by atoms with van der Waals surface area (Å²) in [6, 6.07) is 13.5. The summed E-state index contributed by atoms with van der Waals surface area (Å²) in [6.07, 6.45) is 1.41. The predicted molar refractivity (Wildman–Crippen MR) is 133 cm³/mol. The first-order chi connectivity index (χ1) is 15.6. The van der Waals surface area contributed by atoms with Crippen molar-refractivity contribution in [2.45, 2.75) is 53.5 Å². The van der Waals surface area contributed by atoms with Crippen LogP contribution in [0.4, 0.5) is 11.4 Å². The van der Waals surface area contributed by atoms with E-state index < -0.39 is 0 Å². The minimum Gasteiger partial charge on any atom is -0.437 e. The number of aromatic nitrogens is 2. The van der Waals surface area contributed by atoms with Crippen LogP contribution in [-0.2, 0) is 11.2 Å². The van der Waals surface area contributed by atoms with E-state index in [1.54, 1.807) is 12.1 Å². The highest BCUT2D eigenvalue weighted by molar-refractivity contribution is 6.30. The lowest BCUT2D eigenvalue weighted by Gasteiger charge is -2.28. The lowest BCUT2D eigenvalue weighted by Crippen LogP contribution is -2.25. The maximum Gasteiger partial charge on any atom is 0.243 e. The summed E-state index contributed by atoms with van der Waals surface area (Å²) < 4.78 is 6.08. The third kappa shape index (κ3) is 5.33. The van der Waals surface area contributed by atoms with Crippen molar-refractivity contribution in [3.8, 4) is 11.6 Å². The molecule has 33 heavy (non-hydrogen) atoms. The van der Waals surface area contributed by atoms with Crippen molar-refractivity contribution in [2.75, 3.05) is 16.8 Å². The Kier molecular flexibility index (Phi) is 6.39. The van der Waals surface area contributed by atoms with Crippen LogP contribution in [0.1, 0.15) is 57.0 Å². The SMILES string of the molecule is Cc1[nH]nc(Oc2ccc(Cl)cc2)c1C(C)N1CCc2cc(NC(=O)CC(C)(C)C)ccc21. The number of anilines is 2. The predicted octanol–water partition coefficient (Wildman–Crippen LogP) is 6.66. The van der Waals surface area contributed by atoms with Crippen molar-refractivity contribution >= 4 is 28.9 Å². The Morgan fingerprint density at radius 2 is 1.97 bits per heavy atom. The van der Waals surface area contributed by atoms with E-state index in [2.05, 4.69) is 60.2 Å². The maximum absolute atomic E-state index is 12.3. The van der Waals surface area contributed by atoms with Crippen LogP contribution >= 0.6 is 11.6 Å². The topological polar surface area (TPSA) is 70.2 Å². The highest BCUT2D eigenvalue weighted by Gasteiger charge is 2.29. The number of hydrogen-bond donors (Lipinski definition) is 2. The van der Waals surface area contributed by atoms with Gasteiger partial charge in [0, 0.05) is 35.1 Å². The number of halogens is 1. The quantitative estimate of drug-likeness (QED) is 0.426. The molecular formula is C26H31ClN4O2. The molecule has 4 rings (SSSR count). The van der Waals surface area contributed by atoms with Gasteiger partial charge < -0.3 is 15.0 Å². The number of nitrogens with one attached hydrogen (secondary N) is 2. The molecule has 2 aromatic carbocycles. The molecule has 0 saturated heterocycles. The Morgan fingerprint density at radius 3 is 2.67 bits per heavy atom. The molecule has 0 saturated carbocycles. The first kappa shape index (κ1) is 23.2. The fourth-order valence-electron chi connectivity index (χ4n) is 4.35. The number of H-pyrrole nitrogens is 1. The van der Waals surface area contributed by atoms with Crippen molar-refractivity contribution in [3.05, 3.63) is 64.3 Å². The van der Waals surface area contributed by atoms with E-state index in [9.17, 15) is 4.79 Å². The second-order valence-electron chi connectivity index (χ2n) is 9.87. The molecule has 2 heterocycles. The minimum atomic E-state index is -0.0404. The zero-order chi connectivity index (χ0) is 23.8. The molecule has 1 unspecified atom stereocenters. The van der Waals surface area contributed by atoms with Crippen molar-refractivity contribution in [3.63, 3.8) is 0 Å². The average Bonchev–Trinajstić information content (AvgIpc) is 3.31. The van der Waals surface area contributed by atoms with Crippen LogP contribution in [0.5, 0.6) is 11.6 Å². The molecule has 1 aromatic heterocycles. The molecule has 1 atom stereocenters. The largest absolute Gasteiger partial charge is 0.437 e. The number of nitrogens with zero attached hydrogens (tertiary/aromatic N) is 2. The molecule has 3 aromatic rings. The number of aryl methyl sites for hydroxylation is 1. The Balaban J connectivity index is 1.52. The van der Waals surface area contributed by atoms with E-state index in [1.807, 2.05) is 25.1 Å². The van der Waals surface area contributed by atoms with Crippen molar-refractivity contribution < 1.29 is 9.53 Å². The van der Waals surface area contributed by atoms with Gasteiger partial charge in [0.05, 0.1) is 11.6 Å². The number of carbonyl (C=O) groups excluding carboxylic acids is 1. The first-order valence-electron chi connectivity index (χ1n) is 11.3. The first-order valence-corrected chi connectivity index (χ1v) is 11.7. The Morgan fingerprint density at radius 1 is 1.24 bits per heavy atom. The molecule has 0 bridgehead atoms. The molecule has 1 amide bonds. The van der Waals surface area contributed by atoms with Gasteiger partial charge in [-0.25, -0.2) is 0 Å². The van der Waals surface area contributed by atoms with Crippen molar-refractivity contribution in [1.29, 1.82) is 0 Å². The minimum absolute atomic E-state index is 0.0404. The fraction of sp³-hybridized carbons (Fsp3) is 0.385. The molecular weight excluding hydrogens is 436 g/mol. The Labute approximate surface area is 200 Å². The van der Waals surface area contributed by atoms with Crippen LogP contribution in [0.25, 0.3) is 0 Å². The molecule has 0 aliphatic carbocycles. The average molecular weight is 467 g/mol. The molecule has 6 nitrogen and oxygen atoms in total. The van der Waals surface area contributed by atoms with Crippen molar-refractivity contribution in [2.24, 2.45) is 5.41 Å². The van der Waals surface area contributed by atoms with E-state index in [4.69, 9.17) is 16.3 Å². The highest BCUT2D eigenvalue weighted by Crippen LogP contribution is 2.40. The smallest absolute Gasteiger partial charge is 0.243 e. The zero-order valence-electron chi connectivity index (χ0n) is 19.8. The van der Waals surface area contributed by atoms with Gasteiger partial charge in [-0.1, -0.05) is 32.4 Å². The number of carbonyl (C=O) groups is 1. The van der Waals surface area contributed by atoms with E-state index in [1.165, 1.54) is 11.3 Å². The van der Waals surface area contributed by atoms with E-state index in [0.717, 1.165) is 29.9 Å². The molecule has 2 N–H and O–H groups in total. The lowest BCUT2D eigenvalue weighted by atomic mass is 9.92. The lowest BCUT2D eigenvalue weighted by molar-refractivity contribution is -0.117. The maximum atomic E-state index is 12.3. The summed E-state index contributed by atoms with van der Waals surface area (Å²) in [5, 5.41) is 11.2. The van der Waals surface area contributed by atoms with Crippen LogP contribution in [0.2, 0.25) is 5.02 Å². The van der Waals surface area contributed by atoms with Gasteiger partial charge in [0.1, 0.15) is 5.75 Å². The number of aromatic amines is 1. The third-order valence-corrected chi connectivity index (χ3v) is 6.11. The van der Waals surface area contributed by atoms with Crippen LogP contribution in [0.3, 0.4) is 0 Å². The van der Waals surface area contributed by atoms with Crippen LogP contribution < -0.4 is 15.0 Å². The highest BCUT2D eigenvalue weighted by atomic mass is 35.5. The van der Waals surface area contributed by atoms with Crippen LogP contribution in [0, 0.1) is 12.3 Å². The Bertz CT molecular complexity index is 1150. The Hall–Kier alpha value is -2.99. The number of rotatable bonds is 6. The molecule has 0 fully saturated rings. The second kappa shape index (κ2) is 9.10. The number of ether oxygens (including phenoxy) is 1. The van der Waals surface area contributed by atoms with Crippen molar-refractivity contribution in [1.82, 2.24) is 10.2 Å². The summed E-state index contributed by atoms with van der Waals surface area (Å²) in [5.74, 6) is 1.31. The standard InChI is InChI=1S/C26H31ClN4O2/c1-16-24(25(30-29-16)33-21-9-6-19(27)7-10-21)17(2)31-13-12-18-14-20(8-11-22(18)31)28-23(32)15-26(3,4)5/h6-11,14,17H,12-13,15H2,1-5H3,(H,28,32)(H,29,30). The van der Waals surface area contributed by atoms with Gasteiger partial charge in [-0.2, -0.15) is 0 Å². The summed E-state index contributed by atoms with van der Waals surface area (Å²) in [6.45, 7) is 11.3. The van der Waals surface area contributed by atoms with Gasteiger partial charge in [-0.05, 0) is 73.7 Å².